The van der Waals surface area contributed by atoms with Gasteiger partial charge in [0.15, 0.2) is 0 Å². The molecule has 1 aromatic heterocycles. The summed E-state index contributed by atoms with van der Waals surface area (Å²) in [6.45, 7) is 6.84. The minimum absolute atomic E-state index is 0.176. The third kappa shape index (κ3) is 2.59. The minimum atomic E-state index is -0.452. The molecule has 2 aliphatic rings. The first-order valence-corrected chi connectivity index (χ1v) is 7.16. The molecule has 6 nitrogen and oxygen atoms in total. The van der Waals surface area contributed by atoms with E-state index >= 15 is 0 Å². The number of carbonyl (C=O) groups excluding carboxylic acids is 1. The highest BCUT2D eigenvalue weighted by atomic mass is 16.6. The van der Waals surface area contributed by atoms with Gasteiger partial charge in [-0.05, 0) is 33.6 Å². The SMILES string of the molecule is CC(C)(C)OC(=O)N1CC(n2nc(C3CC3)cc2N)C1. The van der Waals surface area contributed by atoms with Gasteiger partial charge < -0.3 is 15.4 Å². The van der Waals surface area contributed by atoms with Gasteiger partial charge in [0.05, 0.1) is 11.7 Å². The fourth-order valence-electron chi connectivity index (χ4n) is 2.39. The van der Waals surface area contributed by atoms with Crippen LogP contribution in [0.25, 0.3) is 0 Å². The summed E-state index contributed by atoms with van der Waals surface area (Å²) in [6.07, 6.45) is 2.16. The Kier molecular flexibility index (Phi) is 2.92. The second-order valence-corrected chi connectivity index (χ2v) is 6.75. The summed E-state index contributed by atoms with van der Waals surface area (Å²) < 4.78 is 7.19. The number of ether oxygens (including phenoxy) is 1. The van der Waals surface area contributed by atoms with Crippen LogP contribution in [-0.4, -0.2) is 39.5 Å². The van der Waals surface area contributed by atoms with E-state index in [2.05, 4.69) is 5.10 Å². The molecular formula is C14H22N4O2. The number of likely N-dealkylation sites (tertiary alicyclic amines) is 1. The van der Waals surface area contributed by atoms with Gasteiger partial charge in [-0.2, -0.15) is 5.10 Å². The quantitative estimate of drug-likeness (QED) is 0.899. The molecule has 110 valence electrons. The van der Waals surface area contributed by atoms with Crippen molar-refractivity contribution in [1.82, 2.24) is 14.7 Å². The molecule has 0 aromatic carbocycles. The normalized spacial score (nSPS) is 19.9. The molecule has 0 unspecified atom stereocenters. The van der Waals surface area contributed by atoms with Crippen molar-refractivity contribution in [2.75, 3.05) is 18.8 Å². The molecule has 2 fully saturated rings. The first-order valence-electron chi connectivity index (χ1n) is 7.16. The Hall–Kier alpha value is -1.72. The van der Waals surface area contributed by atoms with Crippen molar-refractivity contribution < 1.29 is 9.53 Å². The smallest absolute Gasteiger partial charge is 0.410 e. The van der Waals surface area contributed by atoms with E-state index in [0.717, 1.165) is 5.69 Å². The highest BCUT2D eigenvalue weighted by molar-refractivity contribution is 5.69. The first-order chi connectivity index (χ1) is 9.33. The van der Waals surface area contributed by atoms with Crippen molar-refractivity contribution in [2.24, 2.45) is 0 Å². The van der Waals surface area contributed by atoms with Crippen LogP contribution in [-0.2, 0) is 4.74 Å². The van der Waals surface area contributed by atoms with E-state index in [1.54, 1.807) is 4.90 Å². The number of anilines is 1. The molecule has 1 aliphatic carbocycles. The van der Waals surface area contributed by atoms with E-state index in [1.807, 2.05) is 31.5 Å². The van der Waals surface area contributed by atoms with E-state index in [1.165, 1.54) is 12.8 Å². The van der Waals surface area contributed by atoms with Gasteiger partial charge in [0.1, 0.15) is 11.4 Å². The summed E-state index contributed by atoms with van der Waals surface area (Å²) in [7, 11) is 0. The van der Waals surface area contributed by atoms with Gasteiger partial charge >= 0.3 is 6.09 Å². The summed E-state index contributed by atoms with van der Waals surface area (Å²) in [4.78, 5) is 13.6. The highest BCUT2D eigenvalue weighted by Gasteiger charge is 2.37. The van der Waals surface area contributed by atoms with Gasteiger partial charge in [-0.1, -0.05) is 0 Å². The van der Waals surface area contributed by atoms with Crippen LogP contribution in [0.2, 0.25) is 0 Å². The maximum absolute atomic E-state index is 11.9. The Morgan fingerprint density at radius 2 is 2.05 bits per heavy atom. The Bertz CT molecular complexity index is 522. The molecule has 3 rings (SSSR count). The molecule has 1 amide bonds. The number of nitrogen functional groups attached to an aromatic ring is 1. The van der Waals surface area contributed by atoms with Crippen LogP contribution < -0.4 is 5.73 Å². The molecule has 0 radical (unpaired) electrons. The molecule has 6 heteroatoms. The molecular weight excluding hydrogens is 256 g/mol. The summed E-state index contributed by atoms with van der Waals surface area (Å²) >= 11 is 0. The molecule has 1 aromatic rings. The average Bonchev–Trinajstić information content (AvgIpc) is 3.00. The zero-order chi connectivity index (χ0) is 14.5. The van der Waals surface area contributed by atoms with Crippen LogP contribution in [0.3, 0.4) is 0 Å². The number of amides is 1. The number of carbonyl (C=O) groups is 1. The minimum Gasteiger partial charge on any atom is -0.444 e. The lowest BCUT2D eigenvalue weighted by molar-refractivity contribution is -0.000153. The topological polar surface area (TPSA) is 73.4 Å². The molecule has 2 heterocycles. The lowest BCUT2D eigenvalue weighted by atomic mass is 10.1. The van der Waals surface area contributed by atoms with Crippen LogP contribution in [0.5, 0.6) is 0 Å². The summed E-state index contributed by atoms with van der Waals surface area (Å²) in [6, 6.07) is 2.14. The number of aromatic nitrogens is 2. The van der Waals surface area contributed by atoms with Gasteiger partial charge in [0, 0.05) is 25.1 Å². The third-order valence-electron chi connectivity index (χ3n) is 3.64. The predicted molar refractivity (Wildman–Crippen MR) is 75.5 cm³/mol. The Morgan fingerprint density at radius 3 is 2.60 bits per heavy atom. The largest absolute Gasteiger partial charge is 0.444 e. The zero-order valence-electron chi connectivity index (χ0n) is 12.3. The van der Waals surface area contributed by atoms with Crippen molar-refractivity contribution >= 4 is 11.9 Å². The van der Waals surface area contributed by atoms with Crippen molar-refractivity contribution in [3.05, 3.63) is 11.8 Å². The maximum Gasteiger partial charge on any atom is 0.410 e. The lowest BCUT2D eigenvalue weighted by Gasteiger charge is -2.39. The van der Waals surface area contributed by atoms with Crippen LogP contribution in [0.15, 0.2) is 6.07 Å². The van der Waals surface area contributed by atoms with Crippen molar-refractivity contribution in [3.8, 4) is 0 Å². The first kappa shape index (κ1) is 13.3. The van der Waals surface area contributed by atoms with Crippen molar-refractivity contribution in [2.45, 2.75) is 51.2 Å². The highest BCUT2D eigenvalue weighted by Crippen LogP contribution is 2.40. The van der Waals surface area contributed by atoms with E-state index in [9.17, 15) is 4.79 Å². The summed E-state index contributed by atoms with van der Waals surface area (Å²) in [5, 5.41) is 4.58. The maximum atomic E-state index is 11.9. The van der Waals surface area contributed by atoms with Crippen molar-refractivity contribution in [3.63, 3.8) is 0 Å². The molecule has 1 saturated heterocycles. The number of hydrogen-bond acceptors (Lipinski definition) is 4. The molecule has 0 atom stereocenters. The Morgan fingerprint density at radius 1 is 1.40 bits per heavy atom. The summed E-state index contributed by atoms with van der Waals surface area (Å²) in [5.74, 6) is 1.29. The van der Waals surface area contributed by atoms with E-state index < -0.39 is 5.60 Å². The third-order valence-corrected chi connectivity index (χ3v) is 3.64. The molecule has 0 bridgehead atoms. The number of nitrogens with two attached hydrogens (primary N) is 1. The average molecular weight is 278 g/mol. The van der Waals surface area contributed by atoms with E-state index in [4.69, 9.17) is 10.5 Å². The van der Waals surface area contributed by atoms with Gasteiger partial charge in [0.25, 0.3) is 0 Å². The van der Waals surface area contributed by atoms with Crippen LogP contribution >= 0.6 is 0 Å². The Balaban J connectivity index is 1.58. The van der Waals surface area contributed by atoms with Gasteiger partial charge in [-0.25, -0.2) is 9.48 Å². The standard InChI is InChI=1S/C14H22N4O2/c1-14(2,3)20-13(19)17-7-10(8-17)18-12(15)6-11(16-18)9-4-5-9/h6,9-10H,4-5,7-8,15H2,1-3H3. The van der Waals surface area contributed by atoms with Crippen LogP contribution in [0, 0.1) is 0 Å². The molecule has 20 heavy (non-hydrogen) atoms. The summed E-state index contributed by atoms with van der Waals surface area (Å²) in [5.41, 5.74) is 6.65. The fraction of sp³-hybridized carbons (Fsp3) is 0.714. The second-order valence-electron chi connectivity index (χ2n) is 6.75. The second kappa shape index (κ2) is 4.40. The number of hydrogen-bond donors (Lipinski definition) is 1. The van der Waals surface area contributed by atoms with Crippen LogP contribution in [0.1, 0.15) is 51.3 Å². The van der Waals surface area contributed by atoms with Gasteiger partial charge in [-0.15, -0.1) is 0 Å². The lowest BCUT2D eigenvalue weighted by Crippen LogP contribution is -2.52. The molecule has 0 spiro atoms. The van der Waals surface area contributed by atoms with Gasteiger partial charge in [-0.3, -0.25) is 0 Å². The number of rotatable bonds is 2. The van der Waals surface area contributed by atoms with Crippen LogP contribution in [0.4, 0.5) is 10.6 Å². The Labute approximate surface area is 118 Å². The zero-order valence-corrected chi connectivity index (χ0v) is 12.3. The van der Waals surface area contributed by atoms with Gasteiger partial charge in [0.2, 0.25) is 0 Å². The van der Waals surface area contributed by atoms with E-state index in [-0.39, 0.29) is 12.1 Å². The number of nitrogens with zero attached hydrogens (tertiary/aromatic N) is 3. The van der Waals surface area contributed by atoms with E-state index in [0.29, 0.717) is 24.8 Å². The predicted octanol–water partition coefficient (Wildman–Crippen LogP) is 2.13. The monoisotopic (exact) mass is 278 g/mol. The van der Waals surface area contributed by atoms with Crippen molar-refractivity contribution in [1.29, 1.82) is 0 Å². The molecule has 1 saturated carbocycles. The molecule has 2 N–H and O–H groups in total. The molecule has 1 aliphatic heterocycles. The fourth-order valence-corrected chi connectivity index (χ4v) is 2.39.